The lowest BCUT2D eigenvalue weighted by Gasteiger charge is -2.48. The Bertz CT molecular complexity index is 742. The highest BCUT2D eigenvalue weighted by atomic mass is 16.6. The maximum Gasteiger partial charge on any atom is 0.155 e. The molecule has 0 aliphatic carbocycles. The second kappa shape index (κ2) is 8.09. The van der Waals surface area contributed by atoms with Crippen LogP contribution in [0.5, 0.6) is 11.5 Å². The Morgan fingerprint density at radius 3 is 1.57 bits per heavy atom. The van der Waals surface area contributed by atoms with Gasteiger partial charge in [-0.2, -0.15) is 0 Å². The van der Waals surface area contributed by atoms with Gasteiger partial charge < -0.3 is 29.2 Å². The zero-order valence-electron chi connectivity index (χ0n) is 16.0. The van der Waals surface area contributed by atoms with E-state index in [1.165, 1.54) is 0 Å². The zero-order chi connectivity index (χ0) is 19.7. The molecular formula is C22H26O6. The molecule has 28 heavy (non-hydrogen) atoms. The molecule has 0 bridgehead atoms. The van der Waals surface area contributed by atoms with E-state index in [0.29, 0.717) is 12.8 Å². The first-order valence-electron chi connectivity index (χ1n) is 9.54. The maximum atomic E-state index is 10.4. The molecule has 6 atom stereocenters. The smallest absolute Gasteiger partial charge is 0.155 e. The molecule has 6 nitrogen and oxygen atoms in total. The molecule has 0 aromatic heterocycles. The monoisotopic (exact) mass is 386 g/mol. The Hall–Kier alpha value is -2.12. The van der Waals surface area contributed by atoms with Crippen molar-refractivity contribution in [3.63, 3.8) is 0 Å². The van der Waals surface area contributed by atoms with Crippen LogP contribution < -0.4 is 9.47 Å². The summed E-state index contributed by atoms with van der Waals surface area (Å²) in [6.07, 6.45) is -1.61. The molecule has 2 N–H and O–H groups in total. The van der Waals surface area contributed by atoms with Crippen LogP contribution >= 0.6 is 0 Å². The molecular weight excluding hydrogens is 360 g/mol. The van der Waals surface area contributed by atoms with Crippen LogP contribution in [0.25, 0.3) is 0 Å². The number of benzene rings is 2. The number of fused-ring (bicyclic) bond motifs is 1. The van der Waals surface area contributed by atoms with Crippen LogP contribution in [0.4, 0.5) is 0 Å². The third kappa shape index (κ3) is 3.73. The maximum absolute atomic E-state index is 10.4. The van der Waals surface area contributed by atoms with Gasteiger partial charge in [0.2, 0.25) is 0 Å². The van der Waals surface area contributed by atoms with Crippen molar-refractivity contribution in [3.8, 4) is 11.5 Å². The van der Waals surface area contributed by atoms with Crippen molar-refractivity contribution < 1.29 is 29.2 Å². The van der Waals surface area contributed by atoms with Crippen molar-refractivity contribution >= 4 is 0 Å². The molecule has 0 amide bonds. The third-order valence-electron chi connectivity index (χ3n) is 5.73. The Labute approximate surface area is 164 Å². The Morgan fingerprint density at radius 1 is 0.750 bits per heavy atom. The molecule has 150 valence electrons. The Kier molecular flexibility index (Phi) is 5.55. The van der Waals surface area contributed by atoms with Gasteiger partial charge in [0.25, 0.3) is 0 Å². The number of rotatable bonds is 4. The van der Waals surface area contributed by atoms with E-state index in [1.807, 2.05) is 48.5 Å². The van der Waals surface area contributed by atoms with E-state index in [4.69, 9.17) is 18.9 Å². The fraction of sp³-hybridized carbons (Fsp3) is 0.455. The predicted octanol–water partition coefficient (Wildman–Crippen LogP) is 3.20. The lowest BCUT2D eigenvalue weighted by Crippen LogP contribution is -2.45. The van der Waals surface area contributed by atoms with Gasteiger partial charge in [-0.1, -0.05) is 24.3 Å². The molecule has 2 heterocycles. The van der Waals surface area contributed by atoms with Crippen LogP contribution in [0.2, 0.25) is 0 Å². The van der Waals surface area contributed by atoms with Gasteiger partial charge in [-0.3, -0.25) is 0 Å². The number of aliphatic hydroxyl groups is 2. The SMILES string of the molecule is COc1cccc(C2OC(O)CC3C2CC(O)O[C@@H]3c2cccc(OC)c2)c1. The molecule has 2 aromatic rings. The summed E-state index contributed by atoms with van der Waals surface area (Å²) >= 11 is 0. The first kappa shape index (κ1) is 19.2. The first-order valence-corrected chi connectivity index (χ1v) is 9.54. The van der Waals surface area contributed by atoms with Crippen LogP contribution in [0.15, 0.2) is 48.5 Å². The molecule has 5 unspecified atom stereocenters. The van der Waals surface area contributed by atoms with Gasteiger partial charge in [0, 0.05) is 24.7 Å². The van der Waals surface area contributed by atoms with Gasteiger partial charge in [0.15, 0.2) is 12.6 Å². The summed E-state index contributed by atoms with van der Waals surface area (Å²) < 4.78 is 22.5. The summed E-state index contributed by atoms with van der Waals surface area (Å²) in [7, 11) is 3.24. The molecule has 2 aromatic carbocycles. The highest BCUT2D eigenvalue weighted by Crippen LogP contribution is 2.51. The van der Waals surface area contributed by atoms with Crippen molar-refractivity contribution in [1.29, 1.82) is 0 Å². The predicted molar refractivity (Wildman–Crippen MR) is 102 cm³/mol. The normalized spacial score (nSPS) is 32.4. The number of hydrogen-bond donors (Lipinski definition) is 2. The van der Waals surface area contributed by atoms with Crippen LogP contribution in [0.3, 0.4) is 0 Å². The lowest BCUT2D eigenvalue weighted by molar-refractivity contribution is -0.277. The average molecular weight is 386 g/mol. The topological polar surface area (TPSA) is 77.4 Å². The summed E-state index contributed by atoms with van der Waals surface area (Å²) in [4.78, 5) is 0. The van der Waals surface area contributed by atoms with Crippen LogP contribution in [0, 0.1) is 11.8 Å². The standard InChI is InChI=1S/C22H26O6/c1-25-15-7-3-5-13(9-15)21-17-11-20(24)28-22(18(17)12-19(23)27-21)14-6-4-8-16(10-14)26-2/h3-10,17-24H,11-12H2,1-2H3/t17?,18?,19?,20?,21-,22?/m1/s1. The van der Waals surface area contributed by atoms with Crippen molar-refractivity contribution in [1.82, 2.24) is 0 Å². The first-order chi connectivity index (χ1) is 13.6. The van der Waals surface area contributed by atoms with E-state index in [2.05, 4.69) is 0 Å². The Morgan fingerprint density at radius 2 is 1.18 bits per heavy atom. The van der Waals surface area contributed by atoms with E-state index in [0.717, 1.165) is 22.6 Å². The molecule has 2 aliphatic heterocycles. The highest BCUT2D eigenvalue weighted by molar-refractivity contribution is 5.33. The summed E-state index contributed by atoms with van der Waals surface area (Å²) in [5.74, 6) is 1.45. The molecule has 0 saturated carbocycles. The van der Waals surface area contributed by atoms with Crippen molar-refractivity contribution in [2.24, 2.45) is 11.8 Å². The molecule has 6 heteroatoms. The summed E-state index contributed by atoms with van der Waals surface area (Å²) in [6.45, 7) is 0. The minimum atomic E-state index is -0.899. The lowest BCUT2D eigenvalue weighted by atomic mass is 9.72. The number of hydrogen-bond acceptors (Lipinski definition) is 6. The largest absolute Gasteiger partial charge is 0.497 e. The number of aliphatic hydroxyl groups excluding tert-OH is 2. The van der Waals surface area contributed by atoms with E-state index < -0.39 is 12.6 Å². The molecule has 0 radical (unpaired) electrons. The second-order valence-electron chi connectivity index (χ2n) is 7.38. The van der Waals surface area contributed by atoms with E-state index in [-0.39, 0.29) is 24.0 Å². The molecule has 4 rings (SSSR count). The van der Waals surface area contributed by atoms with Gasteiger partial charge in [-0.25, -0.2) is 0 Å². The van der Waals surface area contributed by atoms with Gasteiger partial charge in [0.05, 0.1) is 26.4 Å². The van der Waals surface area contributed by atoms with Gasteiger partial charge in [0.1, 0.15) is 11.5 Å². The summed E-state index contributed by atoms with van der Waals surface area (Å²) in [6, 6.07) is 15.3. The van der Waals surface area contributed by atoms with Crippen molar-refractivity contribution in [3.05, 3.63) is 59.7 Å². The quantitative estimate of drug-likeness (QED) is 0.840. The fourth-order valence-electron chi connectivity index (χ4n) is 4.45. The number of methoxy groups -OCH3 is 2. The van der Waals surface area contributed by atoms with Crippen LogP contribution in [0.1, 0.15) is 36.2 Å². The van der Waals surface area contributed by atoms with Gasteiger partial charge >= 0.3 is 0 Å². The van der Waals surface area contributed by atoms with E-state index >= 15 is 0 Å². The summed E-state index contributed by atoms with van der Waals surface area (Å²) in [5, 5.41) is 20.9. The minimum absolute atomic E-state index is 0.00421. The van der Waals surface area contributed by atoms with E-state index in [1.54, 1.807) is 14.2 Å². The fourth-order valence-corrected chi connectivity index (χ4v) is 4.45. The van der Waals surface area contributed by atoms with Crippen LogP contribution in [-0.4, -0.2) is 37.0 Å². The third-order valence-corrected chi connectivity index (χ3v) is 5.73. The zero-order valence-corrected chi connectivity index (χ0v) is 16.0. The second-order valence-corrected chi connectivity index (χ2v) is 7.38. The van der Waals surface area contributed by atoms with Gasteiger partial charge in [-0.15, -0.1) is 0 Å². The molecule has 2 saturated heterocycles. The van der Waals surface area contributed by atoms with E-state index in [9.17, 15) is 10.2 Å². The molecule has 0 spiro atoms. The highest BCUT2D eigenvalue weighted by Gasteiger charge is 2.48. The van der Waals surface area contributed by atoms with Crippen molar-refractivity contribution in [2.75, 3.05) is 14.2 Å². The molecule has 2 aliphatic rings. The van der Waals surface area contributed by atoms with Gasteiger partial charge in [-0.05, 0) is 35.4 Å². The Balaban J connectivity index is 1.69. The average Bonchev–Trinajstić information content (AvgIpc) is 2.73. The van der Waals surface area contributed by atoms with Crippen molar-refractivity contribution in [2.45, 2.75) is 37.6 Å². The molecule has 2 fully saturated rings. The minimum Gasteiger partial charge on any atom is -0.497 e. The number of ether oxygens (including phenoxy) is 4. The van der Waals surface area contributed by atoms with Crippen LogP contribution in [-0.2, 0) is 9.47 Å². The summed E-state index contributed by atoms with van der Waals surface area (Å²) in [5.41, 5.74) is 1.85.